The van der Waals surface area contributed by atoms with E-state index in [0.717, 1.165) is 0 Å². The number of halogens is 1. The van der Waals surface area contributed by atoms with Gasteiger partial charge in [0.15, 0.2) is 11.6 Å². The van der Waals surface area contributed by atoms with E-state index in [-0.39, 0.29) is 11.3 Å². The lowest BCUT2D eigenvalue weighted by Gasteiger charge is -2.09. The maximum atomic E-state index is 13.6. The minimum Gasteiger partial charge on any atom is -0.495 e. The van der Waals surface area contributed by atoms with Crippen molar-refractivity contribution in [3.05, 3.63) is 23.5 Å². The summed E-state index contributed by atoms with van der Waals surface area (Å²) in [6, 6.07) is 3.04. The molecule has 0 amide bonds. The molecule has 0 aromatic heterocycles. The molecule has 0 heterocycles. The largest absolute Gasteiger partial charge is 0.495 e. The van der Waals surface area contributed by atoms with Crippen molar-refractivity contribution in [2.75, 3.05) is 13.4 Å². The average Bonchev–Trinajstić information content (AvgIpc) is 2.16. The average molecular weight is 214 g/mol. The predicted octanol–water partition coefficient (Wildman–Crippen LogP) is 2.76. The van der Waals surface area contributed by atoms with E-state index in [2.05, 4.69) is 0 Å². The maximum absolute atomic E-state index is 13.6. The number of Topliss-reactive ketones (excluding diaryl/α,β-unsaturated/α-hetero) is 1. The zero-order chi connectivity index (χ0) is 10.7. The second-order valence-electron chi connectivity index (χ2n) is 2.72. The molecular formula is C10H11FO2S. The second kappa shape index (κ2) is 4.46. The van der Waals surface area contributed by atoms with Gasteiger partial charge in [0.1, 0.15) is 5.75 Å². The van der Waals surface area contributed by atoms with Crippen molar-refractivity contribution in [1.82, 2.24) is 0 Å². The van der Waals surface area contributed by atoms with Gasteiger partial charge in [-0.3, -0.25) is 4.79 Å². The molecule has 1 aromatic carbocycles. The highest BCUT2D eigenvalue weighted by Crippen LogP contribution is 2.32. The van der Waals surface area contributed by atoms with Gasteiger partial charge in [-0.05, 0) is 25.3 Å². The first-order chi connectivity index (χ1) is 6.61. The van der Waals surface area contributed by atoms with Crippen LogP contribution < -0.4 is 4.74 Å². The van der Waals surface area contributed by atoms with E-state index in [1.807, 2.05) is 0 Å². The van der Waals surface area contributed by atoms with Crippen LogP contribution in [-0.2, 0) is 0 Å². The van der Waals surface area contributed by atoms with Gasteiger partial charge in [0, 0.05) is 0 Å². The van der Waals surface area contributed by atoms with Crippen LogP contribution in [0.5, 0.6) is 5.75 Å². The highest BCUT2D eigenvalue weighted by atomic mass is 32.2. The van der Waals surface area contributed by atoms with Crippen LogP contribution in [0.1, 0.15) is 17.3 Å². The third-order valence-corrected chi connectivity index (χ3v) is 2.65. The van der Waals surface area contributed by atoms with E-state index in [0.29, 0.717) is 10.6 Å². The van der Waals surface area contributed by atoms with E-state index in [9.17, 15) is 9.18 Å². The number of ketones is 1. The number of hydrogen-bond donors (Lipinski definition) is 0. The number of carbonyl (C=O) groups is 1. The molecule has 0 saturated carbocycles. The van der Waals surface area contributed by atoms with Gasteiger partial charge in [-0.2, -0.15) is 0 Å². The Labute approximate surface area is 86.5 Å². The van der Waals surface area contributed by atoms with E-state index >= 15 is 0 Å². The molecule has 76 valence electrons. The van der Waals surface area contributed by atoms with Gasteiger partial charge in [-0.25, -0.2) is 4.39 Å². The molecule has 0 aliphatic carbocycles. The Morgan fingerprint density at radius 3 is 2.57 bits per heavy atom. The summed E-state index contributed by atoms with van der Waals surface area (Å²) in [5.41, 5.74) is 0.107. The zero-order valence-electron chi connectivity index (χ0n) is 8.26. The number of benzene rings is 1. The summed E-state index contributed by atoms with van der Waals surface area (Å²) in [6.07, 6.45) is 1.74. The van der Waals surface area contributed by atoms with Crippen molar-refractivity contribution in [3.8, 4) is 5.75 Å². The maximum Gasteiger partial charge on any atom is 0.162 e. The monoisotopic (exact) mass is 214 g/mol. The van der Waals surface area contributed by atoms with Crippen LogP contribution in [0.3, 0.4) is 0 Å². The van der Waals surface area contributed by atoms with Crippen LogP contribution >= 0.6 is 11.8 Å². The molecule has 1 aromatic rings. The van der Waals surface area contributed by atoms with Gasteiger partial charge in [-0.1, -0.05) is 0 Å². The van der Waals surface area contributed by atoms with Gasteiger partial charge in [-0.15, -0.1) is 11.8 Å². The summed E-state index contributed by atoms with van der Waals surface area (Å²) >= 11 is 1.23. The third kappa shape index (κ3) is 1.90. The first-order valence-electron chi connectivity index (χ1n) is 4.03. The number of hydrogen-bond acceptors (Lipinski definition) is 3. The first-order valence-corrected chi connectivity index (χ1v) is 5.25. The van der Waals surface area contributed by atoms with Crippen LogP contribution in [0.25, 0.3) is 0 Å². The highest BCUT2D eigenvalue weighted by molar-refractivity contribution is 7.98. The first kappa shape index (κ1) is 11.0. The molecule has 0 spiro atoms. The Morgan fingerprint density at radius 2 is 2.14 bits per heavy atom. The fourth-order valence-electron chi connectivity index (χ4n) is 1.16. The molecular weight excluding hydrogens is 203 g/mol. The van der Waals surface area contributed by atoms with Gasteiger partial charge < -0.3 is 4.74 Å². The van der Waals surface area contributed by atoms with Gasteiger partial charge in [0.2, 0.25) is 0 Å². The van der Waals surface area contributed by atoms with E-state index in [4.69, 9.17) is 4.74 Å². The van der Waals surface area contributed by atoms with Crippen LogP contribution in [0.15, 0.2) is 17.0 Å². The lowest BCUT2D eigenvalue weighted by molar-refractivity contribution is 0.101. The fourth-order valence-corrected chi connectivity index (χ4v) is 1.80. The van der Waals surface area contributed by atoms with Crippen molar-refractivity contribution in [2.24, 2.45) is 0 Å². The topological polar surface area (TPSA) is 26.3 Å². The SMILES string of the molecule is COc1ccc(C(C)=O)c(F)c1SC. The van der Waals surface area contributed by atoms with Crippen LogP contribution in [-0.4, -0.2) is 19.1 Å². The zero-order valence-corrected chi connectivity index (χ0v) is 9.07. The van der Waals surface area contributed by atoms with Crippen molar-refractivity contribution < 1.29 is 13.9 Å². The summed E-state index contributed by atoms with van der Waals surface area (Å²) < 4.78 is 18.6. The molecule has 0 N–H and O–H groups in total. The van der Waals surface area contributed by atoms with Crippen LogP contribution in [0, 0.1) is 5.82 Å². The molecule has 0 saturated heterocycles. The molecule has 0 radical (unpaired) electrons. The molecule has 4 heteroatoms. The predicted molar refractivity (Wildman–Crippen MR) is 54.7 cm³/mol. The summed E-state index contributed by atoms with van der Waals surface area (Å²) in [5.74, 6) is -0.315. The number of thioether (sulfide) groups is 1. The van der Waals surface area contributed by atoms with E-state index in [1.165, 1.54) is 31.9 Å². The van der Waals surface area contributed by atoms with Gasteiger partial charge in [0.25, 0.3) is 0 Å². The van der Waals surface area contributed by atoms with E-state index in [1.54, 1.807) is 12.3 Å². The molecule has 1 rings (SSSR count). The minimum absolute atomic E-state index is 0.107. The minimum atomic E-state index is -0.496. The summed E-state index contributed by atoms with van der Waals surface area (Å²) in [6.45, 7) is 1.34. The van der Waals surface area contributed by atoms with Crippen molar-refractivity contribution in [1.29, 1.82) is 0 Å². The molecule has 14 heavy (non-hydrogen) atoms. The molecule has 0 fully saturated rings. The second-order valence-corrected chi connectivity index (χ2v) is 3.54. The standard InChI is InChI=1S/C10H11FO2S/c1-6(12)7-4-5-8(13-2)10(14-3)9(7)11/h4-5H,1-3H3. The fraction of sp³-hybridized carbons (Fsp3) is 0.300. The van der Waals surface area contributed by atoms with Crippen LogP contribution in [0.2, 0.25) is 0 Å². The normalized spacial score (nSPS) is 10.0. The Balaban J connectivity index is 3.34. The molecule has 2 nitrogen and oxygen atoms in total. The summed E-state index contributed by atoms with van der Waals surface area (Å²) in [4.78, 5) is 11.4. The lowest BCUT2D eigenvalue weighted by atomic mass is 10.1. The van der Waals surface area contributed by atoms with Crippen molar-refractivity contribution >= 4 is 17.5 Å². The molecule has 0 bridgehead atoms. The third-order valence-electron chi connectivity index (χ3n) is 1.86. The Kier molecular flexibility index (Phi) is 3.52. The van der Waals surface area contributed by atoms with Crippen molar-refractivity contribution in [3.63, 3.8) is 0 Å². The molecule has 0 atom stereocenters. The Hall–Kier alpha value is -1.03. The lowest BCUT2D eigenvalue weighted by Crippen LogP contribution is -2.00. The summed E-state index contributed by atoms with van der Waals surface area (Å²) in [7, 11) is 1.47. The quantitative estimate of drug-likeness (QED) is 0.571. The number of carbonyl (C=O) groups excluding carboxylic acids is 1. The number of methoxy groups -OCH3 is 1. The highest BCUT2D eigenvalue weighted by Gasteiger charge is 2.15. The van der Waals surface area contributed by atoms with Gasteiger partial charge in [0.05, 0.1) is 17.6 Å². The number of ether oxygens (including phenoxy) is 1. The molecule has 0 aliphatic rings. The smallest absolute Gasteiger partial charge is 0.162 e. The van der Waals surface area contributed by atoms with E-state index < -0.39 is 5.82 Å². The molecule has 0 aliphatic heterocycles. The Morgan fingerprint density at radius 1 is 1.50 bits per heavy atom. The summed E-state index contributed by atoms with van der Waals surface area (Å²) in [5, 5.41) is 0. The molecule has 0 unspecified atom stereocenters. The van der Waals surface area contributed by atoms with Crippen molar-refractivity contribution in [2.45, 2.75) is 11.8 Å². The number of rotatable bonds is 3. The Bertz CT molecular complexity index is 363. The van der Waals surface area contributed by atoms with Crippen LogP contribution in [0.4, 0.5) is 4.39 Å². The van der Waals surface area contributed by atoms with Gasteiger partial charge >= 0.3 is 0 Å².